The molecule has 0 saturated carbocycles. The lowest BCUT2D eigenvalue weighted by molar-refractivity contribution is -0.151. The molecular formula is C18H23NO5S. The number of carboxylic acid groups (broad SMARTS) is 1. The van der Waals surface area contributed by atoms with Crippen molar-refractivity contribution >= 4 is 34.6 Å². The molecule has 1 aromatic rings. The van der Waals surface area contributed by atoms with E-state index in [0.717, 1.165) is 0 Å². The summed E-state index contributed by atoms with van der Waals surface area (Å²) >= 11 is 1.34. The Balaban J connectivity index is 3.60. The van der Waals surface area contributed by atoms with E-state index in [0.29, 0.717) is 17.0 Å². The number of Topliss-reactive ketones (excluding diaryl/α,β-unsaturated/α-hetero) is 1. The van der Waals surface area contributed by atoms with Crippen molar-refractivity contribution in [3.63, 3.8) is 0 Å². The Bertz CT molecular complexity index is 716. The van der Waals surface area contributed by atoms with E-state index in [4.69, 9.17) is 4.74 Å². The van der Waals surface area contributed by atoms with Gasteiger partial charge in [-0.15, -0.1) is 11.3 Å². The number of ether oxygens (including phenoxy) is 1. The summed E-state index contributed by atoms with van der Waals surface area (Å²) in [6.45, 7) is 8.52. The number of aromatic nitrogens is 1. The quantitative estimate of drug-likeness (QED) is 0.328. The van der Waals surface area contributed by atoms with Crippen LogP contribution < -0.4 is 0 Å². The third kappa shape index (κ3) is 4.85. The van der Waals surface area contributed by atoms with E-state index in [-0.39, 0.29) is 29.2 Å². The van der Waals surface area contributed by atoms with Gasteiger partial charge in [0.05, 0.1) is 12.2 Å². The summed E-state index contributed by atoms with van der Waals surface area (Å²) in [4.78, 5) is 40.1. The zero-order valence-corrected chi connectivity index (χ0v) is 15.9. The molecule has 0 spiro atoms. The molecule has 0 bridgehead atoms. The molecule has 1 N–H and O–H groups in total. The van der Waals surface area contributed by atoms with Gasteiger partial charge in [-0.05, 0) is 38.7 Å². The van der Waals surface area contributed by atoms with Crippen molar-refractivity contribution < 1.29 is 24.2 Å². The van der Waals surface area contributed by atoms with Crippen LogP contribution in [0.15, 0.2) is 28.3 Å². The van der Waals surface area contributed by atoms with Gasteiger partial charge in [0.25, 0.3) is 5.78 Å². The largest absolute Gasteiger partial charge is 0.478 e. The van der Waals surface area contributed by atoms with Gasteiger partial charge in [-0.1, -0.05) is 13.8 Å². The van der Waals surface area contributed by atoms with Gasteiger partial charge >= 0.3 is 11.9 Å². The molecule has 136 valence electrons. The lowest BCUT2D eigenvalue weighted by Gasteiger charge is -2.18. The maximum Gasteiger partial charge on any atom is 0.379 e. The summed E-state index contributed by atoms with van der Waals surface area (Å²) in [7, 11) is 0. The lowest BCUT2D eigenvalue weighted by Crippen LogP contribution is -2.20. The predicted molar refractivity (Wildman–Crippen MR) is 96.1 cm³/mol. The molecule has 6 nitrogen and oxygen atoms in total. The third-order valence-corrected chi connectivity index (χ3v) is 4.80. The molecule has 25 heavy (non-hydrogen) atoms. The topological polar surface area (TPSA) is 93.6 Å². The number of carbonyl (C=O) groups is 3. The summed E-state index contributed by atoms with van der Waals surface area (Å²) in [5.41, 5.74) is 0.891. The highest BCUT2D eigenvalue weighted by Crippen LogP contribution is 2.34. The van der Waals surface area contributed by atoms with E-state index in [1.165, 1.54) is 25.2 Å². The van der Waals surface area contributed by atoms with Crippen molar-refractivity contribution in [3.05, 3.63) is 33.3 Å². The number of esters is 1. The third-order valence-electron chi connectivity index (χ3n) is 3.99. The van der Waals surface area contributed by atoms with Gasteiger partial charge in [0.2, 0.25) is 0 Å². The zero-order chi connectivity index (χ0) is 19.1. The number of aliphatic carboxylic acids is 1. The van der Waals surface area contributed by atoms with Gasteiger partial charge in [-0.25, -0.2) is 14.6 Å². The first-order chi connectivity index (χ1) is 11.8. The monoisotopic (exact) mass is 365 g/mol. The lowest BCUT2D eigenvalue weighted by atomic mass is 9.88. The maximum atomic E-state index is 12.2. The van der Waals surface area contributed by atoms with E-state index in [1.807, 2.05) is 13.8 Å². The zero-order valence-electron chi connectivity index (χ0n) is 15.1. The fraction of sp³-hybridized carbons (Fsp3) is 0.444. The highest BCUT2D eigenvalue weighted by Gasteiger charge is 2.27. The van der Waals surface area contributed by atoms with E-state index < -0.39 is 17.7 Å². The van der Waals surface area contributed by atoms with Gasteiger partial charge in [0, 0.05) is 22.7 Å². The van der Waals surface area contributed by atoms with Crippen LogP contribution in [0.3, 0.4) is 0 Å². The second-order valence-corrected chi connectivity index (χ2v) is 6.43. The summed E-state index contributed by atoms with van der Waals surface area (Å²) in [6, 6.07) is 0. The minimum Gasteiger partial charge on any atom is -0.478 e. The first-order valence-electron chi connectivity index (χ1n) is 8.02. The van der Waals surface area contributed by atoms with Crippen LogP contribution >= 0.6 is 11.3 Å². The molecule has 1 unspecified atom stereocenters. The average Bonchev–Trinajstić information content (AvgIpc) is 3.10. The van der Waals surface area contributed by atoms with Crippen molar-refractivity contribution in [2.24, 2.45) is 5.92 Å². The Hall–Kier alpha value is -2.28. The smallest absolute Gasteiger partial charge is 0.379 e. The van der Waals surface area contributed by atoms with Crippen LogP contribution in [0.25, 0.3) is 5.57 Å². The number of carboxylic acids is 1. The Kier molecular flexibility index (Phi) is 7.70. The number of hydrogen-bond donors (Lipinski definition) is 1. The molecule has 0 aromatic carbocycles. The Morgan fingerprint density at radius 1 is 1.24 bits per heavy atom. The molecule has 1 aromatic heterocycles. The Morgan fingerprint density at radius 2 is 1.88 bits per heavy atom. The van der Waals surface area contributed by atoms with Crippen LogP contribution in [-0.4, -0.2) is 34.4 Å². The molecule has 1 rings (SSSR count). The van der Waals surface area contributed by atoms with Crippen LogP contribution in [-0.2, 0) is 19.1 Å². The van der Waals surface area contributed by atoms with E-state index in [1.54, 1.807) is 18.5 Å². The number of thiazole rings is 1. The number of hydrogen-bond acceptors (Lipinski definition) is 6. The van der Waals surface area contributed by atoms with Gasteiger partial charge in [0.15, 0.2) is 0 Å². The minimum atomic E-state index is -1.15. The van der Waals surface area contributed by atoms with Gasteiger partial charge < -0.3 is 9.84 Å². The second kappa shape index (κ2) is 9.27. The van der Waals surface area contributed by atoms with Crippen LogP contribution in [0.5, 0.6) is 0 Å². The average molecular weight is 365 g/mol. The molecule has 0 radical (unpaired) electrons. The second-order valence-electron chi connectivity index (χ2n) is 5.54. The first kappa shape index (κ1) is 20.8. The fourth-order valence-corrected chi connectivity index (χ4v) is 3.11. The molecule has 0 saturated heterocycles. The number of rotatable bonds is 8. The molecule has 0 aliphatic rings. The Labute approximate surface area is 151 Å². The van der Waals surface area contributed by atoms with Crippen LogP contribution in [0.1, 0.15) is 46.0 Å². The summed E-state index contributed by atoms with van der Waals surface area (Å²) in [5.74, 6) is -3.04. The van der Waals surface area contributed by atoms with Crippen molar-refractivity contribution in [3.8, 4) is 0 Å². The Morgan fingerprint density at radius 3 is 2.32 bits per heavy atom. The highest BCUT2D eigenvalue weighted by atomic mass is 32.1. The minimum absolute atomic E-state index is 0.0134. The van der Waals surface area contributed by atoms with Crippen molar-refractivity contribution in [2.45, 2.75) is 41.0 Å². The van der Waals surface area contributed by atoms with Crippen molar-refractivity contribution in [2.75, 3.05) is 6.61 Å². The summed E-state index contributed by atoms with van der Waals surface area (Å²) < 4.78 is 4.72. The SMILES string of the molecule is CCOC(=O)C(=O)/C(C)=C(C)/C(C(=O)O)=C(/c1nccs1)C(C)CC. The highest BCUT2D eigenvalue weighted by molar-refractivity contribution is 7.10. The molecule has 0 amide bonds. The van der Waals surface area contributed by atoms with Crippen LogP contribution in [0, 0.1) is 5.92 Å². The maximum absolute atomic E-state index is 12.2. The molecule has 0 aliphatic carbocycles. The summed E-state index contributed by atoms with van der Waals surface area (Å²) in [5, 5.41) is 12.2. The van der Waals surface area contributed by atoms with Crippen molar-refractivity contribution in [1.29, 1.82) is 0 Å². The van der Waals surface area contributed by atoms with Gasteiger partial charge in [0.1, 0.15) is 5.01 Å². The van der Waals surface area contributed by atoms with Crippen LogP contribution in [0.2, 0.25) is 0 Å². The van der Waals surface area contributed by atoms with Crippen molar-refractivity contribution in [1.82, 2.24) is 4.98 Å². The molecule has 1 heterocycles. The molecule has 0 fully saturated rings. The normalized spacial score (nSPS) is 14.3. The molecule has 7 heteroatoms. The van der Waals surface area contributed by atoms with E-state index in [9.17, 15) is 19.5 Å². The summed E-state index contributed by atoms with van der Waals surface area (Å²) in [6.07, 6.45) is 2.32. The first-order valence-corrected chi connectivity index (χ1v) is 8.90. The van der Waals surface area contributed by atoms with Gasteiger partial charge in [-0.3, -0.25) is 4.79 Å². The number of carbonyl (C=O) groups excluding carboxylic acids is 2. The molecular weight excluding hydrogens is 342 g/mol. The molecule has 0 aliphatic heterocycles. The van der Waals surface area contributed by atoms with Crippen LogP contribution in [0.4, 0.5) is 0 Å². The number of allylic oxidation sites excluding steroid dienone is 1. The van der Waals surface area contributed by atoms with Gasteiger partial charge in [-0.2, -0.15) is 0 Å². The fourth-order valence-electron chi connectivity index (χ4n) is 2.31. The predicted octanol–water partition coefficient (Wildman–Crippen LogP) is 3.50. The molecule has 1 atom stereocenters. The standard InChI is InChI=1S/C18H23NO5S/c1-6-10(3)13(16-19-8-9-25-16)14(17(21)22)11(4)12(5)15(20)18(23)24-7-2/h8-10H,6-7H2,1-5H3,(H,21,22)/b12-11+,14-13-. The number of ketones is 1. The number of nitrogens with zero attached hydrogens (tertiary/aromatic N) is 1. The van der Waals surface area contributed by atoms with E-state index in [2.05, 4.69) is 4.98 Å². The van der Waals surface area contributed by atoms with E-state index >= 15 is 0 Å².